The molecule has 1 aromatic rings. The Morgan fingerprint density at radius 1 is 1.36 bits per heavy atom. The van der Waals surface area contributed by atoms with E-state index in [0.29, 0.717) is 32.1 Å². The molecule has 1 fully saturated rings. The van der Waals surface area contributed by atoms with Gasteiger partial charge in [-0.05, 0) is 34.3 Å². The fraction of sp³-hybridized carbons (Fsp3) is 0.667. The van der Waals surface area contributed by atoms with Crippen molar-refractivity contribution in [1.82, 2.24) is 24.7 Å². The third-order valence-electron chi connectivity index (χ3n) is 3.37. The number of carbonyl (C=O) groups excluding carboxylic acids is 1. The topological polar surface area (TPSA) is 61.8 Å². The fourth-order valence-corrected chi connectivity index (χ4v) is 2.38. The minimum atomic E-state index is -0.248. The van der Waals surface area contributed by atoms with Crippen LogP contribution in [-0.2, 0) is 16.1 Å². The van der Waals surface area contributed by atoms with E-state index in [-0.39, 0.29) is 12.0 Å². The van der Waals surface area contributed by atoms with Crippen molar-refractivity contribution < 1.29 is 9.53 Å². The van der Waals surface area contributed by atoms with Crippen LogP contribution in [0.25, 0.3) is 0 Å². The van der Waals surface area contributed by atoms with Crippen LogP contribution in [0.5, 0.6) is 0 Å². The Labute approximate surface area is 131 Å². The second-order valence-corrected chi connectivity index (χ2v) is 6.08. The number of hydrogen-bond acceptors (Lipinski definition) is 6. The molecule has 2 heterocycles. The first-order valence-corrected chi connectivity index (χ1v) is 7.46. The maximum atomic E-state index is 12.2. The van der Waals surface area contributed by atoms with Gasteiger partial charge in [0.1, 0.15) is 6.10 Å². The molecule has 122 valence electrons. The molecular weight excluding hydrogens is 282 g/mol. The summed E-state index contributed by atoms with van der Waals surface area (Å²) in [4.78, 5) is 26.8. The van der Waals surface area contributed by atoms with Crippen molar-refractivity contribution in [3.63, 3.8) is 0 Å². The van der Waals surface area contributed by atoms with Gasteiger partial charge in [0.05, 0.1) is 25.4 Å². The SMILES string of the molecule is CN(C)CC(=O)N1CCO[C@@H](c2nccc(CN(C)C)n2)C1. The first-order valence-electron chi connectivity index (χ1n) is 7.46. The molecule has 0 bridgehead atoms. The molecule has 0 saturated carbocycles. The molecule has 1 aliphatic rings. The van der Waals surface area contributed by atoms with Crippen LogP contribution in [0.2, 0.25) is 0 Å². The van der Waals surface area contributed by atoms with Gasteiger partial charge in [0.2, 0.25) is 5.91 Å². The zero-order chi connectivity index (χ0) is 16.1. The lowest BCUT2D eigenvalue weighted by Crippen LogP contribution is -2.45. The molecule has 1 atom stereocenters. The van der Waals surface area contributed by atoms with Crippen molar-refractivity contribution in [1.29, 1.82) is 0 Å². The van der Waals surface area contributed by atoms with E-state index in [2.05, 4.69) is 14.9 Å². The summed E-state index contributed by atoms with van der Waals surface area (Å²) >= 11 is 0. The number of amides is 1. The first kappa shape index (κ1) is 16.8. The average Bonchev–Trinajstić information content (AvgIpc) is 2.46. The number of likely N-dealkylation sites (N-methyl/N-ethyl adjacent to an activating group) is 1. The van der Waals surface area contributed by atoms with Gasteiger partial charge in [0, 0.05) is 19.3 Å². The standard InChI is InChI=1S/C15H25N5O2/c1-18(2)9-12-5-6-16-15(17-12)13-10-20(7-8-22-13)14(21)11-19(3)4/h5-6,13H,7-11H2,1-4H3/t13-/m1/s1. The first-order chi connectivity index (χ1) is 10.5. The van der Waals surface area contributed by atoms with Crippen molar-refractivity contribution in [3.8, 4) is 0 Å². The quantitative estimate of drug-likeness (QED) is 0.763. The Bertz CT molecular complexity index is 506. The van der Waals surface area contributed by atoms with E-state index in [9.17, 15) is 4.79 Å². The lowest BCUT2D eigenvalue weighted by molar-refractivity contribution is -0.139. The second kappa shape index (κ2) is 7.62. The van der Waals surface area contributed by atoms with Crippen LogP contribution < -0.4 is 0 Å². The van der Waals surface area contributed by atoms with Crippen LogP contribution in [-0.4, -0.2) is 85.0 Å². The van der Waals surface area contributed by atoms with Crippen molar-refractivity contribution in [3.05, 3.63) is 23.8 Å². The normalized spacial score (nSPS) is 19.0. The van der Waals surface area contributed by atoms with E-state index in [1.807, 2.05) is 44.1 Å². The van der Waals surface area contributed by atoms with Gasteiger partial charge in [-0.25, -0.2) is 9.97 Å². The molecule has 0 aromatic carbocycles. The van der Waals surface area contributed by atoms with E-state index in [0.717, 1.165) is 12.2 Å². The number of aromatic nitrogens is 2. The highest BCUT2D eigenvalue weighted by Gasteiger charge is 2.27. The van der Waals surface area contributed by atoms with E-state index < -0.39 is 0 Å². The van der Waals surface area contributed by atoms with Crippen LogP contribution in [0, 0.1) is 0 Å². The Balaban J connectivity index is 2.04. The van der Waals surface area contributed by atoms with Gasteiger partial charge >= 0.3 is 0 Å². The smallest absolute Gasteiger partial charge is 0.236 e. The van der Waals surface area contributed by atoms with Crippen LogP contribution in [0.1, 0.15) is 17.6 Å². The molecule has 0 unspecified atom stereocenters. The summed E-state index contributed by atoms with van der Waals surface area (Å²) in [7, 11) is 7.79. The highest BCUT2D eigenvalue weighted by molar-refractivity contribution is 5.78. The third kappa shape index (κ3) is 4.72. The maximum Gasteiger partial charge on any atom is 0.236 e. The molecule has 0 radical (unpaired) electrons. The lowest BCUT2D eigenvalue weighted by atomic mass is 10.2. The molecule has 0 N–H and O–H groups in total. The van der Waals surface area contributed by atoms with Crippen molar-refractivity contribution >= 4 is 5.91 Å². The van der Waals surface area contributed by atoms with Crippen LogP contribution in [0.3, 0.4) is 0 Å². The zero-order valence-corrected chi connectivity index (χ0v) is 13.8. The van der Waals surface area contributed by atoms with E-state index in [1.54, 1.807) is 6.20 Å². The predicted octanol–water partition coefficient (Wildman–Crippen LogP) is -0.000300. The summed E-state index contributed by atoms with van der Waals surface area (Å²) in [6.07, 6.45) is 1.51. The monoisotopic (exact) mass is 307 g/mol. The Morgan fingerprint density at radius 3 is 2.82 bits per heavy atom. The number of ether oxygens (including phenoxy) is 1. The van der Waals surface area contributed by atoms with Gasteiger partial charge in [-0.3, -0.25) is 4.79 Å². The molecule has 1 aromatic heterocycles. The van der Waals surface area contributed by atoms with Crippen molar-refractivity contribution in [2.45, 2.75) is 12.6 Å². The Morgan fingerprint density at radius 2 is 2.14 bits per heavy atom. The minimum Gasteiger partial charge on any atom is -0.367 e. The van der Waals surface area contributed by atoms with Crippen LogP contribution >= 0.6 is 0 Å². The molecule has 1 amide bonds. The number of morpholine rings is 1. The molecular formula is C15H25N5O2. The number of nitrogens with zero attached hydrogens (tertiary/aromatic N) is 5. The molecule has 7 nitrogen and oxygen atoms in total. The highest BCUT2D eigenvalue weighted by atomic mass is 16.5. The number of carbonyl (C=O) groups is 1. The summed E-state index contributed by atoms with van der Waals surface area (Å²) in [5, 5.41) is 0. The lowest BCUT2D eigenvalue weighted by Gasteiger charge is -2.33. The van der Waals surface area contributed by atoms with Gasteiger partial charge < -0.3 is 19.4 Å². The predicted molar refractivity (Wildman–Crippen MR) is 83.3 cm³/mol. The minimum absolute atomic E-state index is 0.114. The highest BCUT2D eigenvalue weighted by Crippen LogP contribution is 2.19. The van der Waals surface area contributed by atoms with Gasteiger partial charge in [-0.1, -0.05) is 0 Å². The van der Waals surface area contributed by atoms with Crippen LogP contribution in [0.4, 0.5) is 0 Å². The number of rotatable bonds is 5. The summed E-state index contributed by atoms with van der Waals surface area (Å²) in [6.45, 7) is 2.82. The van der Waals surface area contributed by atoms with Gasteiger partial charge in [0.25, 0.3) is 0 Å². The van der Waals surface area contributed by atoms with Crippen LogP contribution in [0.15, 0.2) is 12.3 Å². The number of hydrogen-bond donors (Lipinski definition) is 0. The third-order valence-corrected chi connectivity index (χ3v) is 3.37. The fourth-order valence-electron chi connectivity index (χ4n) is 2.38. The summed E-state index contributed by atoms with van der Waals surface area (Å²) < 4.78 is 5.76. The van der Waals surface area contributed by atoms with E-state index >= 15 is 0 Å². The second-order valence-electron chi connectivity index (χ2n) is 6.08. The van der Waals surface area contributed by atoms with Crippen molar-refractivity contribution in [2.75, 3.05) is 54.4 Å². The van der Waals surface area contributed by atoms with Gasteiger partial charge in [-0.15, -0.1) is 0 Å². The maximum absolute atomic E-state index is 12.2. The van der Waals surface area contributed by atoms with Gasteiger partial charge in [0.15, 0.2) is 5.82 Å². The molecule has 1 aliphatic heterocycles. The average molecular weight is 307 g/mol. The summed E-state index contributed by atoms with van der Waals surface area (Å²) in [5.41, 5.74) is 0.954. The van der Waals surface area contributed by atoms with Crippen molar-refractivity contribution in [2.24, 2.45) is 0 Å². The van der Waals surface area contributed by atoms with Gasteiger partial charge in [-0.2, -0.15) is 0 Å². The molecule has 2 rings (SSSR count). The molecule has 7 heteroatoms. The van der Waals surface area contributed by atoms with E-state index in [4.69, 9.17) is 4.74 Å². The zero-order valence-electron chi connectivity index (χ0n) is 13.8. The Hall–Kier alpha value is -1.57. The molecule has 0 spiro atoms. The largest absolute Gasteiger partial charge is 0.367 e. The summed E-state index contributed by atoms with van der Waals surface area (Å²) in [5.74, 6) is 0.768. The molecule has 22 heavy (non-hydrogen) atoms. The summed E-state index contributed by atoms with van der Waals surface area (Å²) in [6, 6.07) is 1.90. The van der Waals surface area contributed by atoms with E-state index in [1.165, 1.54) is 0 Å². The molecule has 0 aliphatic carbocycles. The molecule has 1 saturated heterocycles. The Kier molecular flexibility index (Phi) is 5.82.